The smallest absolute Gasteiger partial charge is 0.300 e. The molecule has 0 saturated heterocycles. The lowest BCUT2D eigenvalue weighted by atomic mass is 10.3. The summed E-state index contributed by atoms with van der Waals surface area (Å²) in [6, 6.07) is 29.5. The molecule has 0 aliphatic rings. The third-order valence-electron chi connectivity index (χ3n) is 4.53. The second kappa shape index (κ2) is 6.78. The lowest BCUT2D eigenvalue weighted by molar-refractivity contribution is -0.652. The summed E-state index contributed by atoms with van der Waals surface area (Å²) in [5.74, 6) is 0. The second-order valence-electron chi connectivity index (χ2n) is 6.19. The van der Waals surface area contributed by atoms with Gasteiger partial charge in [-0.15, -0.1) is 0 Å². The van der Waals surface area contributed by atoms with Crippen LogP contribution in [0.4, 0.5) is 0 Å². The van der Waals surface area contributed by atoms with Gasteiger partial charge in [0.05, 0.1) is 7.05 Å². The molecule has 0 unspecified atom stereocenters. The van der Waals surface area contributed by atoms with E-state index in [0.717, 1.165) is 21.9 Å². The van der Waals surface area contributed by atoms with Crippen molar-refractivity contribution in [2.75, 3.05) is 0 Å². The molecule has 4 heteroatoms. The van der Waals surface area contributed by atoms with Gasteiger partial charge in [-0.05, 0) is 12.1 Å². The van der Waals surface area contributed by atoms with Gasteiger partial charge in [0, 0.05) is 10.6 Å². The number of hydrogen-bond donors (Lipinski definition) is 0. The van der Waals surface area contributed by atoms with Gasteiger partial charge in [0.2, 0.25) is 0 Å². The zero-order valence-electron chi connectivity index (χ0n) is 14.6. The van der Waals surface area contributed by atoms with Crippen LogP contribution in [0.2, 0.25) is 0 Å². The number of aryl methyl sites for hydroxylation is 1. The van der Waals surface area contributed by atoms with Crippen LogP contribution in [0.3, 0.4) is 0 Å². The summed E-state index contributed by atoms with van der Waals surface area (Å²) in [6.07, 6.45) is 3.93. The van der Waals surface area contributed by atoms with E-state index in [4.69, 9.17) is 0 Å². The van der Waals surface area contributed by atoms with Crippen molar-refractivity contribution in [2.24, 2.45) is 7.05 Å². The molecule has 4 aromatic rings. The first-order valence-electron chi connectivity index (χ1n) is 8.55. The van der Waals surface area contributed by atoms with Crippen LogP contribution >= 0.6 is 7.14 Å². The number of imidazole rings is 1. The SMILES string of the molecule is C[n+]1ccn(-c2ccccc2)c1P(=O)(c1ccccc1)c1ccccc1. The van der Waals surface area contributed by atoms with Crippen molar-refractivity contribution < 1.29 is 9.13 Å². The highest BCUT2D eigenvalue weighted by Crippen LogP contribution is 2.41. The standard InChI is InChI=1S/C22H20N2OP/c1-23-17-18-24(19-11-5-2-6-12-19)22(23)26(25,20-13-7-3-8-14-20)21-15-9-4-10-16-21/h2-18H,1H3/q+1. The summed E-state index contributed by atoms with van der Waals surface area (Å²) in [5, 5.41) is 1.66. The average Bonchev–Trinajstić information content (AvgIpc) is 3.11. The first-order valence-corrected chi connectivity index (χ1v) is 10.3. The molecule has 0 aliphatic heterocycles. The molecule has 0 saturated carbocycles. The predicted octanol–water partition coefficient (Wildman–Crippen LogP) is 2.94. The van der Waals surface area contributed by atoms with Crippen molar-refractivity contribution in [3.8, 4) is 5.69 Å². The van der Waals surface area contributed by atoms with Gasteiger partial charge in [-0.3, -0.25) is 0 Å². The third-order valence-corrected chi connectivity index (χ3v) is 7.67. The Kier molecular flexibility index (Phi) is 4.32. The molecule has 0 spiro atoms. The van der Waals surface area contributed by atoms with Crippen molar-refractivity contribution in [1.29, 1.82) is 0 Å². The van der Waals surface area contributed by atoms with E-state index in [0.29, 0.717) is 0 Å². The second-order valence-corrected chi connectivity index (χ2v) is 8.85. The number of hydrogen-bond acceptors (Lipinski definition) is 1. The van der Waals surface area contributed by atoms with E-state index in [2.05, 4.69) is 0 Å². The fraction of sp³-hybridized carbons (Fsp3) is 0.0455. The normalized spacial score (nSPS) is 11.4. The van der Waals surface area contributed by atoms with Gasteiger partial charge < -0.3 is 4.57 Å². The number of nitrogens with zero attached hydrogens (tertiary/aromatic N) is 2. The topological polar surface area (TPSA) is 25.9 Å². The molecule has 26 heavy (non-hydrogen) atoms. The van der Waals surface area contributed by atoms with Gasteiger partial charge in [0.25, 0.3) is 7.14 Å². The summed E-state index contributed by atoms with van der Waals surface area (Å²) in [7, 11) is -1.09. The van der Waals surface area contributed by atoms with E-state index >= 15 is 0 Å². The Morgan fingerprint density at radius 1 is 0.731 bits per heavy atom. The summed E-state index contributed by atoms with van der Waals surface area (Å²) >= 11 is 0. The monoisotopic (exact) mass is 359 g/mol. The van der Waals surface area contributed by atoms with E-state index in [-0.39, 0.29) is 0 Å². The predicted molar refractivity (Wildman–Crippen MR) is 106 cm³/mol. The molecular weight excluding hydrogens is 339 g/mol. The van der Waals surface area contributed by atoms with Crippen molar-refractivity contribution in [3.05, 3.63) is 103 Å². The molecule has 1 heterocycles. The molecule has 4 rings (SSSR count). The van der Waals surface area contributed by atoms with Crippen molar-refractivity contribution >= 4 is 23.3 Å². The molecule has 1 aromatic heterocycles. The van der Waals surface area contributed by atoms with E-state index < -0.39 is 7.14 Å². The Morgan fingerprint density at radius 3 is 1.69 bits per heavy atom. The number of para-hydroxylation sites is 1. The largest absolute Gasteiger partial charge is 0.328 e. The number of benzene rings is 3. The van der Waals surface area contributed by atoms with E-state index in [1.54, 1.807) is 0 Å². The van der Waals surface area contributed by atoms with Gasteiger partial charge in [-0.25, -0.2) is 4.57 Å². The molecule has 0 radical (unpaired) electrons. The van der Waals surface area contributed by atoms with Crippen LogP contribution in [0.5, 0.6) is 0 Å². The highest BCUT2D eigenvalue weighted by Gasteiger charge is 2.41. The van der Waals surface area contributed by atoms with E-state index in [1.807, 2.05) is 120 Å². The molecule has 3 nitrogen and oxygen atoms in total. The van der Waals surface area contributed by atoms with Gasteiger partial charge in [0.15, 0.2) is 0 Å². The molecule has 0 N–H and O–H groups in total. The highest BCUT2D eigenvalue weighted by molar-refractivity contribution is 7.84. The maximum absolute atomic E-state index is 14.7. The van der Waals surface area contributed by atoms with E-state index in [9.17, 15) is 4.57 Å². The average molecular weight is 359 g/mol. The molecular formula is C22H20N2OP+. The molecule has 3 aromatic carbocycles. The molecule has 0 bridgehead atoms. The van der Waals surface area contributed by atoms with Crippen molar-refractivity contribution in [1.82, 2.24) is 4.57 Å². The van der Waals surface area contributed by atoms with Crippen molar-refractivity contribution in [2.45, 2.75) is 0 Å². The lowest BCUT2D eigenvalue weighted by Gasteiger charge is -2.17. The molecule has 128 valence electrons. The Labute approximate surface area is 153 Å². The summed E-state index contributed by atoms with van der Waals surface area (Å²) in [6.45, 7) is 0. The summed E-state index contributed by atoms with van der Waals surface area (Å²) in [5.41, 5.74) is 1.77. The third kappa shape index (κ3) is 2.71. The van der Waals surface area contributed by atoms with Gasteiger partial charge >= 0.3 is 5.57 Å². The highest BCUT2D eigenvalue weighted by atomic mass is 31.2. The quantitative estimate of drug-likeness (QED) is 0.406. The zero-order chi connectivity index (χ0) is 18.0. The van der Waals surface area contributed by atoms with Crippen LogP contribution < -0.4 is 20.7 Å². The van der Waals surface area contributed by atoms with Gasteiger partial charge in [-0.1, -0.05) is 78.9 Å². The van der Waals surface area contributed by atoms with Gasteiger partial charge in [-0.2, -0.15) is 4.57 Å². The van der Waals surface area contributed by atoms with Crippen LogP contribution in [-0.4, -0.2) is 4.57 Å². The fourth-order valence-electron chi connectivity index (χ4n) is 3.29. The zero-order valence-corrected chi connectivity index (χ0v) is 15.5. The Hall–Kier alpha value is -2.90. The summed E-state index contributed by atoms with van der Waals surface area (Å²) in [4.78, 5) is 0. The minimum Gasteiger partial charge on any atom is -0.300 e. The summed E-state index contributed by atoms with van der Waals surface area (Å²) < 4.78 is 18.6. The maximum Gasteiger partial charge on any atom is 0.328 e. The van der Waals surface area contributed by atoms with Crippen LogP contribution in [-0.2, 0) is 11.6 Å². The van der Waals surface area contributed by atoms with Gasteiger partial charge in [0.1, 0.15) is 18.1 Å². The fourth-order valence-corrected chi connectivity index (χ4v) is 6.23. The minimum atomic E-state index is -3.04. The molecule has 0 aliphatic carbocycles. The molecule has 0 amide bonds. The van der Waals surface area contributed by atoms with Crippen LogP contribution in [0.25, 0.3) is 5.69 Å². The molecule has 0 atom stereocenters. The number of aromatic nitrogens is 2. The first kappa shape index (κ1) is 16.6. The van der Waals surface area contributed by atoms with Crippen LogP contribution in [0, 0.1) is 0 Å². The maximum atomic E-state index is 14.7. The Morgan fingerprint density at radius 2 is 1.19 bits per heavy atom. The minimum absolute atomic E-state index is 0.779. The lowest BCUT2D eigenvalue weighted by Crippen LogP contribution is -2.49. The van der Waals surface area contributed by atoms with Crippen LogP contribution in [0.15, 0.2) is 103 Å². The van der Waals surface area contributed by atoms with Crippen molar-refractivity contribution in [3.63, 3.8) is 0 Å². The van der Waals surface area contributed by atoms with E-state index in [1.165, 1.54) is 0 Å². The molecule has 0 fully saturated rings. The first-order chi connectivity index (χ1) is 12.7. The Balaban J connectivity index is 2.04. The van der Waals surface area contributed by atoms with Crippen LogP contribution in [0.1, 0.15) is 0 Å². The number of rotatable bonds is 4. The Bertz CT molecular complexity index is 1010.